The van der Waals surface area contributed by atoms with Gasteiger partial charge in [0.25, 0.3) is 0 Å². The van der Waals surface area contributed by atoms with E-state index in [-0.39, 0.29) is 11.5 Å². The standard InChI is InChI=1S/C20H23NO4/c1-13-3-4-17-15(9-13)5-6-21-19(10-18(22)14(2)20(17)21)25-12-16-11-23-7-8-24-16/h3-4,9-10,16H,5-8,11-12H2,1-2H3. The normalized spacial score (nSPS) is 19.2. The van der Waals surface area contributed by atoms with E-state index in [1.54, 1.807) is 6.07 Å². The number of fused-ring (bicyclic) bond motifs is 3. The van der Waals surface area contributed by atoms with E-state index in [1.165, 1.54) is 11.1 Å². The predicted molar refractivity (Wildman–Crippen MR) is 95.4 cm³/mol. The Balaban J connectivity index is 1.70. The lowest BCUT2D eigenvalue weighted by atomic mass is 9.93. The molecule has 0 aliphatic carbocycles. The van der Waals surface area contributed by atoms with E-state index in [1.807, 2.05) is 6.92 Å². The molecule has 0 radical (unpaired) electrons. The van der Waals surface area contributed by atoms with Crippen LogP contribution in [0.25, 0.3) is 11.3 Å². The Hall–Kier alpha value is -2.11. The van der Waals surface area contributed by atoms with Crippen LogP contribution in [0.5, 0.6) is 5.88 Å². The van der Waals surface area contributed by atoms with Crippen molar-refractivity contribution < 1.29 is 14.2 Å². The summed E-state index contributed by atoms with van der Waals surface area (Å²) in [7, 11) is 0. The summed E-state index contributed by atoms with van der Waals surface area (Å²) in [6.07, 6.45) is 0.853. The Kier molecular flexibility index (Phi) is 4.36. The molecular formula is C20H23NO4. The average Bonchev–Trinajstić information content (AvgIpc) is 2.63. The van der Waals surface area contributed by atoms with Crippen LogP contribution in [-0.2, 0) is 22.4 Å². The summed E-state index contributed by atoms with van der Waals surface area (Å²) in [6, 6.07) is 8.02. The van der Waals surface area contributed by atoms with Crippen molar-refractivity contribution in [1.82, 2.24) is 4.57 Å². The number of nitrogens with zero attached hydrogens (tertiary/aromatic N) is 1. The molecule has 4 rings (SSSR count). The van der Waals surface area contributed by atoms with E-state index in [0.29, 0.717) is 32.3 Å². The molecule has 5 nitrogen and oxygen atoms in total. The van der Waals surface area contributed by atoms with Crippen molar-refractivity contribution in [2.45, 2.75) is 32.9 Å². The van der Waals surface area contributed by atoms with E-state index in [9.17, 15) is 4.79 Å². The van der Waals surface area contributed by atoms with Crippen LogP contribution in [0.3, 0.4) is 0 Å². The van der Waals surface area contributed by atoms with Gasteiger partial charge in [-0.3, -0.25) is 4.79 Å². The third kappa shape index (κ3) is 3.10. The highest BCUT2D eigenvalue weighted by Crippen LogP contribution is 2.34. The molecule has 5 heteroatoms. The van der Waals surface area contributed by atoms with Gasteiger partial charge in [0.2, 0.25) is 0 Å². The number of pyridine rings is 1. The van der Waals surface area contributed by atoms with Gasteiger partial charge in [-0.1, -0.05) is 23.8 Å². The Labute approximate surface area is 147 Å². The average molecular weight is 341 g/mol. The number of aromatic nitrogens is 1. The molecule has 1 aromatic carbocycles. The van der Waals surface area contributed by atoms with Gasteiger partial charge in [0.05, 0.1) is 25.5 Å². The van der Waals surface area contributed by atoms with Crippen LogP contribution in [0, 0.1) is 13.8 Å². The van der Waals surface area contributed by atoms with Crippen molar-refractivity contribution in [1.29, 1.82) is 0 Å². The summed E-state index contributed by atoms with van der Waals surface area (Å²) in [6.45, 7) is 6.95. The summed E-state index contributed by atoms with van der Waals surface area (Å²) < 4.78 is 19.1. The molecule has 132 valence electrons. The van der Waals surface area contributed by atoms with Crippen molar-refractivity contribution in [3.63, 3.8) is 0 Å². The number of hydrogen-bond acceptors (Lipinski definition) is 4. The number of ether oxygens (including phenoxy) is 3. The Morgan fingerprint density at radius 2 is 2.12 bits per heavy atom. The first-order chi connectivity index (χ1) is 12.1. The Morgan fingerprint density at radius 1 is 1.24 bits per heavy atom. The molecule has 1 fully saturated rings. The molecule has 2 aliphatic rings. The van der Waals surface area contributed by atoms with Crippen LogP contribution in [0.4, 0.5) is 0 Å². The quantitative estimate of drug-likeness (QED) is 0.861. The maximum atomic E-state index is 12.5. The van der Waals surface area contributed by atoms with Gasteiger partial charge < -0.3 is 18.8 Å². The summed E-state index contributed by atoms with van der Waals surface area (Å²) in [5.74, 6) is 0.617. The molecule has 1 atom stereocenters. The molecule has 1 aromatic heterocycles. The van der Waals surface area contributed by atoms with Gasteiger partial charge >= 0.3 is 0 Å². The van der Waals surface area contributed by atoms with Crippen molar-refractivity contribution in [2.75, 3.05) is 26.4 Å². The third-order valence-corrected chi connectivity index (χ3v) is 4.94. The summed E-state index contributed by atoms with van der Waals surface area (Å²) >= 11 is 0. The monoisotopic (exact) mass is 341 g/mol. The van der Waals surface area contributed by atoms with Crippen LogP contribution in [0.1, 0.15) is 16.7 Å². The van der Waals surface area contributed by atoms with E-state index in [4.69, 9.17) is 14.2 Å². The highest BCUT2D eigenvalue weighted by molar-refractivity contribution is 5.70. The summed E-state index contributed by atoms with van der Waals surface area (Å²) in [5.41, 5.74) is 5.43. The fourth-order valence-corrected chi connectivity index (χ4v) is 3.62. The van der Waals surface area contributed by atoms with Gasteiger partial charge in [0.1, 0.15) is 12.7 Å². The first kappa shape index (κ1) is 16.4. The maximum Gasteiger partial charge on any atom is 0.197 e. The molecule has 0 saturated carbocycles. The number of hydrogen-bond donors (Lipinski definition) is 0. The van der Waals surface area contributed by atoms with Gasteiger partial charge in [-0.25, -0.2) is 0 Å². The van der Waals surface area contributed by atoms with E-state index in [0.717, 1.165) is 29.8 Å². The maximum absolute atomic E-state index is 12.5. The molecule has 0 bridgehead atoms. The smallest absolute Gasteiger partial charge is 0.197 e. The number of aryl methyl sites for hydroxylation is 2. The van der Waals surface area contributed by atoms with Gasteiger partial charge in [0.15, 0.2) is 11.3 Å². The molecule has 0 spiro atoms. The zero-order chi connectivity index (χ0) is 17.4. The minimum atomic E-state index is -0.0834. The topological polar surface area (TPSA) is 49.7 Å². The third-order valence-electron chi connectivity index (χ3n) is 4.94. The molecule has 0 amide bonds. The van der Waals surface area contributed by atoms with Crippen molar-refractivity contribution in [2.24, 2.45) is 0 Å². The van der Waals surface area contributed by atoms with E-state index < -0.39 is 0 Å². The molecule has 2 aliphatic heterocycles. The highest BCUT2D eigenvalue weighted by Gasteiger charge is 2.23. The van der Waals surface area contributed by atoms with Crippen molar-refractivity contribution in [3.8, 4) is 17.1 Å². The van der Waals surface area contributed by atoms with Crippen LogP contribution < -0.4 is 10.2 Å². The van der Waals surface area contributed by atoms with Crippen LogP contribution in [0.15, 0.2) is 29.1 Å². The SMILES string of the molecule is Cc1ccc2c(c1)CCn1c(OCC3COCCO3)cc(=O)c(C)c1-2. The molecule has 3 heterocycles. The number of rotatable bonds is 3. The first-order valence-electron chi connectivity index (χ1n) is 8.80. The van der Waals surface area contributed by atoms with Gasteiger partial charge in [-0.15, -0.1) is 0 Å². The lowest BCUT2D eigenvalue weighted by Crippen LogP contribution is -2.34. The summed E-state index contributed by atoms with van der Waals surface area (Å²) in [5, 5.41) is 0. The van der Waals surface area contributed by atoms with Crippen LogP contribution in [0.2, 0.25) is 0 Å². The lowest BCUT2D eigenvalue weighted by Gasteiger charge is -2.28. The van der Waals surface area contributed by atoms with E-state index >= 15 is 0 Å². The molecule has 2 aromatic rings. The minimum absolute atomic E-state index is 0.00971. The van der Waals surface area contributed by atoms with E-state index in [2.05, 4.69) is 29.7 Å². The second kappa shape index (κ2) is 6.65. The molecule has 25 heavy (non-hydrogen) atoms. The van der Waals surface area contributed by atoms with Gasteiger partial charge in [-0.05, 0) is 25.8 Å². The van der Waals surface area contributed by atoms with Crippen LogP contribution >= 0.6 is 0 Å². The second-order valence-electron chi connectivity index (χ2n) is 6.76. The number of benzene rings is 1. The molecule has 1 unspecified atom stereocenters. The summed E-state index contributed by atoms with van der Waals surface area (Å²) in [4.78, 5) is 12.5. The second-order valence-corrected chi connectivity index (χ2v) is 6.76. The predicted octanol–water partition coefficient (Wildman–Crippen LogP) is 2.48. The highest BCUT2D eigenvalue weighted by atomic mass is 16.6. The molecule has 1 saturated heterocycles. The lowest BCUT2D eigenvalue weighted by molar-refractivity contribution is -0.102. The van der Waals surface area contributed by atoms with Gasteiger partial charge in [-0.2, -0.15) is 0 Å². The largest absolute Gasteiger partial charge is 0.476 e. The Morgan fingerprint density at radius 3 is 2.92 bits per heavy atom. The van der Waals surface area contributed by atoms with Crippen molar-refractivity contribution in [3.05, 3.63) is 51.2 Å². The van der Waals surface area contributed by atoms with Crippen LogP contribution in [-0.4, -0.2) is 37.1 Å². The fourth-order valence-electron chi connectivity index (χ4n) is 3.62. The molecule has 0 N–H and O–H groups in total. The fraction of sp³-hybridized carbons (Fsp3) is 0.450. The van der Waals surface area contributed by atoms with Crippen molar-refractivity contribution >= 4 is 0 Å². The zero-order valence-corrected chi connectivity index (χ0v) is 14.7. The minimum Gasteiger partial charge on any atom is -0.476 e. The molecular weight excluding hydrogens is 318 g/mol. The zero-order valence-electron chi connectivity index (χ0n) is 14.7. The Bertz CT molecular complexity index is 850. The van der Waals surface area contributed by atoms with Gasteiger partial charge in [0, 0.05) is 23.7 Å². The first-order valence-corrected chi connectivity index (χ1v) is 8.80.